The van der Waals surface area contributed by atoms with E-state index in [-0.39, 0.29) is 12.5 Å². The first-order valence-electron chi connectivity index (χ1n) is 9.32. The third-order valence-corrected chi connectivity index (χ3v) is 5.51. The highest BCUT2D eigenvalue weighted by Gasteiger charge is 2.35. The van der Waals surface area contributed by atoms with Gasteiger partial charge < -0.3 is 19.1 Å². The smallest absolute Gasteiger partial charge is 0.338 e. The van der Waals surface area contributed by atoms with Crippen molar-refractivity contribution >= 4 is 11.9 Å². The van der Waals surface area contributed by atoms with Crippen molar-refractivity contribution in [3.63, 3.8) is 0 Å². The predicted octanol–water partition coefficient (Wildman–Crippen LogP) is 3.04. The number of piperidine rings is 1. The molecule has 2 atom stereocenters. The summed E-state index contributed by atoms with van der Waals surface area (Å²) in [6.07, 6.45) is 6.96. The van der Waals surface area contributed by atoms with Gasteiger partial charge in [0.1, 0.15) is 0 Å². The number of likely N-dealkylation sites (tertiary alicyclic amines) is 1. The summed E-state index contributed by atoms with van der Waals surface area (Å²) in [7, 11) is 3.04. The second-order valence-electron chi connectivity index (χ2n) is 6.99. The number of benzene rings is 1. The molecule has 3 rings (SSSR count). The highest BCUT2D eigenvalue weighted by Crippen LogP contribution is 2.35. The number of esters is 1. The molecule has 0 unspecified atom stereocenters. The van der Waals surface area contributed by atoms with Crippen LogP contribution in [-0.2, 0) is 9.53 Å². The summed E-state index contributed by atoms with van der Waals surface area (Å²) in [5.74, 6) is 0.987. The minimum Gasteiger partial charge on any atom is -0.493 e. The summed E-state index contributed by atoms with van der Waals surface area (Å²) in [6.45, 7) is 0.560. The number of carbonyl (C=O) groups excluding carboxylic acids is 2. The molecular formula is C20H27NO5. The average Bonchev–Trinajstić information content (AvgIpc) is 2.70. The Bertz CT molecular complexity index is 658. The topological polar surface area (TPSA) is 65.1 Å². The fraction of sp³-hybridized carbons (Fsp3) is 0.600. The number of hydrogen-bond acceptors (Lipinski definition) is 5. The van der Waals surface area contributed by atoms with Crippen LogP contribution in [0.4, 0.5) is 0 Å². The molecule has 1 aromatic rings. The summed E-state index contributed by atoms with van der Waals surface area (Å²) >= 11 is 0. The number of rotatable bonds is 5. The largest absolute Gasteiger partial charge is 0.493 e. The molecule has 1 aromatic carbocycles. The number of hydrogen-bond donors (Lipinski definition) is 0. The Morgan fingerprint density at radius 3 is 2.54 bits per heavy atom. The zero-order valence-corrected chi connectivity index (χ0v) is 15.5. The Kier molecular flexibility index (Phi) is 6.01. The predicted molar refractivity (Wildman–Crippen MR) is 96.5 cm³/mol. The Balaban J connectivity index is 1.59. The third-order valence-electron chi connectivity index (χ3n) is 5.51. The van der Waals surface area contributed by atoms with Crippen molar-refractivity contribution in [1.29, 1.82) is 0 Å². The van der Waals surface area contributed by atoms with Gasteiger partial charge in [-0.3, -0.25) is 4.79 Å². The van der Waals surface area contributed by atoms with Crippen LogP contribution in [-0.4, -0.2) is 50.2 Å². The number of nitrogens with zero attached hydrogens (tertiary/aromatic N) is 1. The third kappa shape index (κ3) is 3.94. The maximum atomic E-state index is 12.6. The van der Waals surface area contributed by atoms with Crippen LogP contribution < -0.4 is 9.47 Å². The summed E-state index contributed by atoms with van der Waals surface area (Å²) in [6, 6.07) is 5.13. The van der Waals surface area contributed by atoms with Crippen LogP contribution in [0.5, 0.6) is 11.5 Å². The molecule has 26 heavy (non-hydrogen) atoms. The van der Waals surface area contributed by atoms with Gasteiger partial charge in [0.2, 0.25) is 0 Å². The highest BCUT2D eigenvalue weighted by atomic mass is 16.5. The first-order chi connectivity index (χ1) is 12.6. The first kappa shape index (κ1) is 18.5. The van der Waals surface area contributed by atoms with E-state index in [4.69, 9.17) is 14.2 Å². The Morgan fingerprint density at radius 2 is 1.77 bits per heavy atom. The molecule has 2 fully saturated rings. The second kappa shape index (κ2) is 8.43. The van der Waals surface area contributed by atoms with Gasteiger partial charge in [0.05, 0.1) is 19.8 Å². The van der Waals surface area contributed by atoms with E-state index in [1.54, 1.807) is 18.2 Å². The molecule has 142 valence electrons. The quantitative estimate of drug-likeness (QED) is 0.754. The van der Waals surface area contributed by atoms with Crippen LogP contribution in [0.1, 0.15) is 48.9 Å². The number of carbonyl (C=O) groups is 2. The molecule has 1 heterocycles. The maximum absolute atomic E-state index is 12.6. The number of ether oxygens (including phenoxy) is 3. The maximum Gasteiger partial charge on any atom is 0.338 e. The lowest BCUT2D eigenvalue weighted by Gasteiger charge is -2.44. The van der Waals surface area contributed by atoms with Gasteiger partial charge in [-0.25, -0.2) is 4.79 Å². The second-order valence-corrected chi connectivity index (χ2v) is 6.99. The molecule has 1 saturated heterocycles. The summed E-state index contributed by atoms with van der Waals surface area (Å²) in [5.41, 5.74) is 0.338. The minimum absolute atomic E-state index is 0.0876. The van der Waals surface area contributed by atoms with E-state index in [2.05, 4.69) is 0 Å². The Morgan fingerprint density at radius 1 is 1.04 bits per heavy atom. The number of amides is 1. The zero-order valence-electron chi connectivity index (χ0n) is 15.5. The monoisotopic (exact) mass is 361 g/mol. The zero-order chi connectivity index (χ0) is 18.5. The fourth-order valence-electron chi connectivity index (χ4n) is 4.19. The van der Waals surface area contributed by atoms with Gasteiger partial charge >= 0.3 is 5.97 Å². The van der Waals surface area contributed by atoms with E-state index >= 15 is 0 Å². The average molecular weight is 361 g/mol. The van der Waals surface area contributed by atoms with Crippen molar-refractivity contribution < 1.29 is 23.8 Å². The van der Waals surface area contributed by atoms with Gasteiger partial charge in [-0.2, -0.15) is 0 Å². The molecule has 0 N–H and O–H groups in total. The molecule has 0 spiro atoms. The van der Waals surface area contributed by atoms with Crippen molar-refractivity contribution in [3.8, 4) is 11.5 Å². The molecule has 1 saturated carbocycles. The molecule has 0 radical (unpaired) electrons. The Hall–Kier alpha value is -2.24. The number of methoxy groups -OCH3 is 2. The summed E-state index contributed by atoms with van der Waals surface area (Å²) in [4.78, 5) is 26.8. The van der Waals surface area contributed by atoms with Crippen LogP contribution in [0.3, 0.4) is 0 Å². The number of fused-ring (bicyclic) bond motifs is 1. The molecule has 6 heteroatoms. The molecular weight excluding hydrogens is 334 g/mol. The highest BCUT2D eigenvalue weighted by molar-refractivity contribution is 5.92. The van der Waals surface area contributed by atoms with Crippen LogP contribution >= 0.6 is 0 Å². The lowest BCUT2D eigenvalue weighted by molar-refractivity contribution is -0.140. The first-order valence-corrected chi connectivity index (χ1v) is 9.32. The van der Waals surface area contributed by atoms with Gasteiger partial charge in [-0.05, 0) is 49.8 Å². The molecule has 0 aromatic heterocycles. The molecule has 1 aliphatic heterocycles. The van der Waals surface area contributed by atoms with Crippen molar-refractivity contribution in [2.75, 3.05) is 27.4 Å². The standard InChI is InChI=1S/C20H27NO5/c1-24-17-10-9-15(12-18(17)25-2)20(23)26-13-19(22)21-11-5-7-14-6-3-4-8-16(14)21/h9-10,12,14,16H,3-8,11,13H2,1-2H3/t14-,16+/m0/s1. The van der Waals surface area contributed by atoms with Crippen molar-refractivity contribution in [2.45, 2.75) is 44.6 Å². The molecule has 0 bridgehead atoms. The van der Waals surface area contributed by atoms with Crippen molar-refractivity contribution in [1.82, 2.24) is 4.90 Å². The van der Waals surface area contributed by atoms with Gasteiger partial charge in [0.15, 0.2) is 18.1 Å². The molecule has 1 amide bonds. The van der Waals surface area contributed by atoms with E-state index < -0.39 is 5.97 Å². The SMILES string of the molecule is COc1ccc(C(=O)OCC(=O)N2CCC[C@@H]3CCCC[C@H]32)cc1OC. The van der Waals surface area contributed by atoms with Crippen LogP contribution in [0.15, 0.2) is 18.2 Å². The van der Waals surface area contributed by atoms with Gasteiger partial charge in [0.25, 0.3) is 5.91 Å². The molecule has 6 nitrogen and oxygen atoms in total. The summed E-state index contributed by atoms with van der Waals surface area (Å²) < 4.78 is 15.6. The fourth-order valence-corrected chi connectivity index (χ4v) is 4.19. The van der Waals surface area contributed by atoms with E-state index in [0.717, 1.165) is 19.4 Å². The van der Waals surface area contributed by atoms with E-state index in [1.165, 1.54) is 39.9 Å². The van der Waals surface area contributed by atoms with E-state index in [0.29, 0.717) is 29.0 Å². The molecule has 2 aliphatic rings. The van der Waals surface area contributed by atoms with Crippen LogP contribution in [0.2, 0.25) is 0 Å². The summed E-state index contributed by atoms with van der Waals surface area (Å²) in [5, 5.41) is 0. The van der Waals surface area contributed by atoms with Crippen molar-refractivity contribution in [3.05, 3.63) is 23.8 Å². The lowest BCUT2D eigenvalue weighted by atomic mass is 9.78. The normalized spacial score (nSPS) is 22.3. The van der Waals surface area contributed by atoms with Crippen LogP contribution in [0, 0.1) is 5.92 Å². The lowest BCUT2D eigenvalue weighted by Crippen LogP contribution is -2.50. The van der Waals surface area contributed by atoms with Gasteiger partial charge in [-0.1, -0.05) is 12.8 Å². The van der Waals surface area contributed by atoms with E-state index in [1.807, 2.05) is 4.90 Å². The van der Waals surface area contributed by atoms with Gasteiger partial charge in [0, 0.05) is 12.6 Å². The van der Waals surface area contributed by atoms with E-state index in [9.17, 15) is 9.59 Å². The van der Waals surface area contributed by atoms with Crippen LogP contribution in [0.25, 0.3) is 0 Å². The molecule has 1 aliphatic carbocycles. The minimum atomic E-state index is -0.531. The van der Waals surface area contributed by atoms with Gasteiger partial charge in [-0.15, -0.1) is 0 Å². The Labute approximate surface area is 154 Å². The van der Waals surface area contributed by atoms with Crippen molar-refractivity contribution in [2.24, 2.45) is 5.92 Å².